The first-order valence-corrected chi connectivity index (χ1v) is 8.01. The molecule has 7 nitrogen and oxygen atoms in total. The van der Waals surface area contributed by atoms with E-state index in [0.29, 0.717) is 6.54 Å². The molecule has 0 saturated carbocycles. The molecule has 1 atom stereocenters. The van der Waals surface area contributed by atoms with Crippen LogP contribution in [0, 0.1) is 6.92 Å². The van der Waals surface area contributed by atoms with Crippen LogP contribution in [0.4, 0.5) is 0 Å². The predicted octanol–water partition coefficient (Wildman–Crippen LogP) is 0.425. The Kier molecular flexibility index (Phi) is 5.58. The largest absolute Gasteiger partial charge is 0.349 e. The van der Waals surface area contributed by atoms with Gasteiger partial charge in [-0.25, -0.2) is 4.79 Å². The third-order valence-corrected chi connectivity index (χ3v) is 4.39. The Bertz CT molecular complexity index is 896. The topological polar surface area (TPSA) is 76.3 Å². The fourth-order valence-electron chi connectivity index (χ4n) is 2.76. The number of hydrogen-bond donors (Lipinski definition) is 1. The molecule has 1 heterocycles. The molecule has 2 aromatic rings. The van der Waals surface area contributed by atoms with Gasteiger partial charge in [0.1, 0.15) is 5.69 Å². The lowest BCUT2D eigenvalue weighted by Crippen LogP contribution is -2.42. The molecule has 0 radical (unpaired) electrons. The Labute approximate surface area is 146 Å². The van der Waals surface area contributed by atoms with Crippen molar-refractivity contribution in [1.82, 2.24) is 19.4 Å². The van der Waals surface area contributed by atoms with Gasteiger partial charge in [-0.1, -0.05) is 24.3 Å². The van der Waals surface area contributed by atoms with Crippen molar-refractivity contribution in [2.75, 3.05) is 20.6 Å². The molecule has 0 unspecified atom stereocenters. The summed E-state index contributed by atoms with van der Waals surface area (Å²) in [6.45, 7) is 2.39. The van der Waals surface area contributed by atoms with Crippen molar-refractivity contribution in [3.63, 3.8) is 0 Å². The first kappa shape index (κ1) is 18.7. The second-order valence-electron chi connectivity index (χ2n) is 6.31. The summed E-state index contributed by atoms with van der Waals surface area (Å²) in [5, 5.41) is 2.83. The number of nitrogens with zero attached hydrogens (tertiary/aromatic N) is 3. The van der Waals surface area contributed by atoms with Gasteiger partial charge < -0.3 is 10.2 Å². The summed E-state index contributed by atoms with van der Waals surface area (Å²) in [5.74, 6) is -0.447. The zero-order valence-corrected chi connectivity index (χ0v) is 15.2. The molecule has 0 saturated heterocycles. The van der Waals surface area contributed by atoms with Gasteiger partial charge in [0.2, 0.25) is 0 Å². The van der Waals surface area contributed by atoms with Gasteiger partial charge in [-0.3, -0.25) is 18.7 Å². The van der Waals surface area contributed by atoms with Gasteiger partial charge in [0, 0.05) is 26.7 Å². The molecule has 25 heavy (non-hydrogen) atoms. The number of carbonyl (C=O) groups is 1. The van der Waals surface area contributed by atoms with Crippen LogP contribution in [-0.2, 0) is 14.1 Å². The summed E-state index contributed by atoms with van der Waals surface area (Å²) in [6, 6.07) is 9.15. The standard InChI is InChI=1S/C18H24N4O3/c1-12-8-6-7-9-13(12)15(20(2)3)11-19-17(24)14-10-16(23)22(5)18(25)21(14)4/h6-10,15H,11H2,1-5H3,(H,19,24)/t15-/m0/s1. The molecule has 0 fully saturated rings. The molecule has 1 amide bonds. The van der Waals surface area contributed by atoms with Gasteiger partial charge in [0.05, 0.1) is 6.04 Å². The zero-order chi connectivity index (χ0) is 18.7. The SMILES string of the molecule is Cc1ccccc1[C@H](CNC(=O)c1cc(=O)n(C)c(=O)n1C)N(C)C. The van der Waals surface area contributed by atoms with Crippen LogP contribution in [0.25, 0.3) is 0 Å². The fraction of sp³-hybridized carbons (Fsp3) is 0.389. The Morgan fingerprint density at radius 1 is 1.16 bits per heavy atom. The van der Waals surface area contributed by atoms with Crippen LogP contribution in [0.1, 0.15) is 27.7 Å². The lowest BCUT2D eigenvalue weighted by molar-refractivity contribution is 0.0931. The second-order valence-corrected chi connectivity index (χ2v) is 6.31. The Hall–Kier alpha value is -2.67. The third kappa shape index (κ3) is 3.88. The molecular formula is C18H24N4O3. The van der Waals surface area contributed by atoms with E-state index in [-0.39, 0.29) is 11.7 Å². The number of nitrogens with one attached hydrogen (secondary N) is 1. The summed E-state index contributed by atoms with van der Waals surface area (Å²) in [5.41, 5.74) is 1.27. The number of benzene rings is 1. The molecule has 0 bridgehead atoms. The predicted molar refractivity (Wildman–Crippen MR) is 96.9 cm³/mol. The molecule has 1 aromatic heterocycles. The van der Waals surface area contributed by atoms with E-state index in [4.69, 9.17) is 0 Å². The highest BCUT2D eigenvalue weighted by Gasteiger charge is 2.19. The van der Waals surface area contributed by atoms with Crippen molar-refractivity contribution < 1.29 is 4.79 Å². The number of likely N-dealkylation sites (N-methyl/N-ethyl adjacent to an activating group) is 1. The van der Waals surface area contributed by atoms with E-state index >= 15 is 0 Å². The average Bonchev–Trinajstić information content (AvgIpc) is 2.57. The molecule has 2 rings (SSSR count). The maximum atomic E-state index is 12.5. The van der Waals surface area contributed by atoms with E-state index in [9.17, 15) is 14.4 Å². The second kappa shape index (κ2) is 7.48. The Morgan fingerprint density at radius 2 is 1.80 bits per heavy atom. The van der Waals surface area contributed by atoms with Gasteiger partial charge in [-0.2, -0.15) is 0 Å². The van der Waals surface area contributed by atoms with Crippen molar-refractivity contribution in [2.45, 2.75) is 13.0 Å². The average molecular weight is 344 g/mol. The smallest absolute Gasteiger partial charge is 0.331 e. The van der Waals surface area contributed by atoms with Crippen LogP contribution >= 0.6 is 0 Å². The maximum Gasteiger partial charge on any atom is 0.331 e. The van der Waals surface area contributed by atoms with E-state index in [1.807, 2.05) is 50.2 Å². The minimum Gasteiger partial charge on any atom is -0.349 e. The van der Waals surface area contributed by atoms with Crippen molar-refractivity contribution in [3.05, 3.63) is 68.0 Å². The number of hydrogen-bond acceptors (Lipinski definition) is 4. The molecule has 0 spiro atoms. The lowest BCUT2D eigenvalue weighted by Gasteiger charge is -2.26. The van der Waals surface area contributed by atoms with Crippen molar-refractivity contribution >= 4 is 5.91 Å². The summed E-state index contributed by atoms with van der Waals surface area (Å²) in [6.07, 6.45) is 0. The van der Waals surface area contributed by atoms with Crippen molar-refractivity contribution in [3.8, 4) is 0 Å². The molecule has 1 N–H and O–H groups in total. The van der Waals surface area contributed by atoms with E-state index in [1.165, 1.54) is 24.7 Å². The Balaban J connectivity index is 2.25. The highest BCUT2D eigenvalue weighted by molar-refractivity contribution is 5.92. The van der Waals surface area contributed by atoms with Crippen LogP contribution in [0.3, 0.4) is 0 Å². The van der Waals surface area contributed by atoms with Crippen LogP contribution in [-0.4, -0.2) is 40.6 Å². The van der Waals surface area contributed by atoms with Gasteiger partial charge in [0.15, 0.2) is 0 Å². The van der Waals surface area contributed by atoms with Crippen molar-refractivity contribution in [1.29, 1.82) is 0 Å². The number of amides is 1. The van der Waals surface area contributed by atoms with E-state index < -0.39 is 17.2 Å². The summed E-state index contributed by atoms with van der Waals surface area (Å²) < 4.78 is 2.14. The highest BCUT2D eigenvalue weighted by atomic mass is 16.2. The molecule has 7 heteroatoms. The van der Waals surface area contributed by atoms with Crippen LogP contribution in [0.15, 0.2) is 39.9 Å². The molecule has 134 valence electrons. The first-order chi connectivity index (χ1) is 11.7. The summed E-state index contributed by atoms with van der Waals surface area (Å²) >= 11 is 0. The van der Waals surface area contributed by atoms with Gasteiger partial charge in [-0.05, 0) is 32.1 Å². The molecule has 0 aliphatic heterocycles. The monoisotopic (exact) mass is 344 g/mol. The Morgan fingerprint density at radius 3 is 2.40 bits per heavy atom. The van der Waals surface area contributed by atoms with E-state index in [1.54, 1.807) is 0 Å². The molecule has 0 aliphatic rings. The first-order valence-electron chi connectivity index (χ1n) is 8.01. The molecule has 1 aromatic carbocycles. The number of rotatable bonds is 5. The zero-order valence-electron chi connectivity index (χ0n) is 15.2. The van der Waals surface area contributed by atoms with Gasteiger partial charge in [0.25, 0.3) is 11.5 Å². The normalized spacial score (nSPS) is 12.2. The summed E-state index contributed by atoms with van der Waals surface area (Å²) in [7, 11) is 6.74. The fourth-order valence-corrected chi connectivity index (χ4v) is 2.76. The van der Waals surface area contributed by atoms with E-state index in [2.05, 4.69) is 5.32 Å². The van der Waals surface area contributed by atoms with Gasteiger partial charge in [-0.15, -0.1) is 0 Å². The summed E-state index contributed by atoms with van der Waals surface area (Å²) in [4.78, 5) is 38.3. The number of carbonyl (C=O) groups excluding carboxylic acids is 1. The van der Waals surface area contributed by atoms with Crippen LogP contribution in [0.2, 0.25) is 0 Å². The minimum atomic E-state index is -0.527. The highest BCUT2D eigenvalue weighted by Crippen LogP contribution is 2.21. The molecule has 0 aliphatic carbocycles. The van der Waals surface area contributed by atoms with Crippen LogP contribution in [0.5, 0.6) is 0 Å². The minimum absolute atomic E-state index is 0.0197. The third-order valence-electron chi connectivity index (χ3n) is 4.39. The molecular weight excluding hydrogens is 320 g/mol. The van der Waals surface area contributed by atoms with Gasteiger partial charge >= 0.3 is 5.69 Å². The quantitative estimate of drug-likeness (QED) is 0.853. The van der Waals surface area contributed by atoms with E-state index in [0.717, 1.165) is 15.7 Å². The lowest BCUT2D eigenvalue weighted by atomic mass is 10.0. The maximum absolute atomic E-state index is 12.5. The number of aromatic nitrogens is 2. The van der Waals surface area contributed by atoms with Crippen molar-refractivity contribution in [2.24, 2.45) is 14.1 Å². The van der Waals surface area contributed by atoms with Crippen LogP contribution < -0.4 is 16.6 Å². The number of aryl methyl sites for hydroxylation is 1.